The van der Waals surface area contributed by atoms with Gasteiger partial charge in [0.15, 0.2) is 0 Å². The molecule has 0 spiro atoms. The van der Waals surface area contributed by atoms with Crippen LogP contribution < -0.4 is 10.5 Å². The molecule has 0 aliphatic carbocycles. The Hall–Kier alpha value is -3.14. The monoisotopic (exact) mass is 312 g/mol. The van der Waals surface area contributed by atoms with Crippen LogP contribution in [0.2, 0.25) is 0 Å². The number of rotatable bonds is 2. The lowest BCUT2D eigenvalue weighted by Gasteiger charge is -2.24. The predicted molar refractivity (Wildman–Crippen MR) is 76.7 cm³/mol. The van der Waals surface area contributed by atoms with Crippen molar-refractivity contribution in [2.75, 3.05) is 7.11 Å². The van der Waals surface area contributed by atoms with Crippen LogP contribution in [-0.4, -0.2) is 7.11 Å². The first-order valence-corrected chi connectivity index (χ1v) is 6.37. The van der Waals surface area contributed by atoms with Gasteiger partial charge in [-0.2, -0.15) is 15.8 Å². The molecule has 0 saturated carbocycles. The van der Waals surface area contributed by atoms with E-state index in [2.05, 4.69) is 0 Å². The van der Waals surface area contributed by atoms with Crippen molar-refractivity contribution in [3.8, 4) is 24.0 Å². The van der Waals surface area contributed by atoms with Crippen molar-refractivity contribution >= 4 is 11.6 Å². The normalized spacial score (nSPS) is 19.7. The van der Waals surface area contributed by atoms with Crippen LogP contribution in [0.15, 0.2) is 46.9 Å². The fourth-order valence-electron chi connectivity index (χ4n) is 2.08. The van der Waals surface area contributed by atoms with Gasteiger partial charge in [-0.25, -0.2) is 0 Å². The van der Waals surface area contributed by atoms with E-state index in [0.29, 0.717) is 11.3 Å². The minimum absolute atomic E-state index is 0.0515. The number of halogens is 1. The van der Waals surface area contributed by atoms with E-state index in [0.717, 1.165) is 0 Å². The average Bonchev–Trinajstić information content (AvgIpc) is 2.80. The molecule has 1 aliphatic rings. The van der Waals surface area contributed by atoms with Crippen molar-refractivity contribution in [2.45, 2.75) is 5.06 Å². The van der Waals surface area contributed by atoms with Gasteiger partial charge in [0.05, 0.1) is 12.7 Å². The Kier molecular flexibility index (Phi) is 3.95. The van der Waals surface area contributed by atoms with Crippen molar-refractivity contribution in [3.63, 3.8) is 0 Å². The zero-order chi connectivity index (χ0) is 16.3. The van der Waals surface area contributed by atoms with Gasteiger partial charge < -0.3 is 15.2 Å². The Bertz CT molecular complexity index is 790. The summed E-state index contributed by atoms with van der Waals surface area (Å²) < 4.78 is 10.5. The minimum Gasteiger partial charge on any atom is -0.497 e. The third-order valence-corrected chi connectivity index (χ3v) is 3.60. The lowest BCUT2D eigenvalue weighted by Crippen LogP contribution is -2.22. The van der Waals surface area contributed by atoms with Gasteiger partial charge >= 0.3 is 0 Å². The standard InChI is InChI=1S/C15H9ClN4O2/c1-21-11-4-2-10(3-5-11)15(16)13(9(6-17)7-18)12(8-19)14(20)22-15/h2-5H,20H2,1H3. The third kappa shape index (κ3) is 2.20. The molecule has 0 radical (unpaired) electrons. The summed E-state index contributed by atoms with van der Waals surface area (Å²) in [5.41, 5.74) is 5.58. The molecule has 6 nitrogen and oxygen atoms in total. The topological polar surface area (TPSA) is 116 Å². The van der Waals surface area contributed by atoms with E-state index >= 15 is 0 Å². The highest BCUT2D eigenvalue weighted by atomic mass is 35.5. The lowest BCUT2D eigenvalue weighted by atomic mass is 9.93. The average molecular weight is 313 g/mol. The molecule has 0 amide bonds. The Morgan fingerprint density at radius 2 is 1.82 bits per heavy atom. The van der Waals surface area contributed by atoms with Crippen LogP contribution in [-0.2, 0) is 9.80 Å². The summed E-state index contributed by atoms with van der Waals surface area (Å²) >= 11 is 6.48. The summed E-state index contributed by atoms with van der Waals surface area (Å²) in [7, 11) is 1.51. The van der Waals surface area contributed by atoms with Gasteiger partial charge in [0.25, 0.3) is 0 Å². The molecule has 0 fully saturated rings. The summed E-state index contributed by atoms with van der Waals surface area (Å²) in [6.07, 6.45) is 0. The summed E-state index contributed by atoms with van der Waals surface area (Å²) in [5.74, 6) is 0.362. The highest BCUT2D eigenvalue weighted by Gasteiger charge is 2.48. The molecule has 2 N–H and O–H groups in total. The van der Waals surface area contributed by atoms with Crippen LogP contribution in [0.25, 0.3) is 0 Å². The highest BCUT2D eigenvalue weighted by Crippen LogP contribution is 2.49. The molecule has 1 aromatic rings. The van der Waals surface area contributed by atoms with Gasteiger partial charge in [-0.15, -0.1) is 0 Å². The largest absolute Gasteiger partial charge is 0.497 e. The van der Waals surface area contributed by atoms with Crippen molar-refractivity contribution in [1.82, 2.24) is 0 Å². The molecule has 1 aliphatic heterocycles. The van der Waals surface area contributed by atoms with Crippen LogP contribution in [0.3, 0.4) is 0 Å². The SMILES string of the molecule is COc1ccc(C2(Cl)OC(N)=C(C#N)C2=C(C#N)C#N)cc1. The van der Waals surface area contributed by atoms with Crippen LogP contribution in [0.5, 0.6) is 5.75 Å². The molecule has 0 saturated heterocycles. The maximum atomic E-state index is 9.21. The van der Waals surface area contributed by atoms with E-state index in [1.807, 2.05) is 6.07 Å². The van der Waals surface area contributed by atoms with E-state index in [1.54, 1.807) is 36.4 Å². The first-order valence-electron chi connectivity index (χ1n) is 5.99. The number of ether oxygens (including phenoxy) is 2. The number of allylic oxidation sites excluding steroid dienone is 1. The van der Waals surface area contributed by atoms with E-state index in [1.165, 1.54) is 7.11 Å². The predicted octanol–water partition coefficient (Wildman–Crippen LogP) is 2.15. The Balaban J connectivity index is 2.69. The molecular weight excluding hydrogens is 304 g/mol. The number of alkyl halides is 1. The zero-order valence-corrected chi connectivity index (χ0v) is 12.2. The zero-order valence-electron chi connectivity index (χ0n) is 11.4. The fraction of sp³-hybridized carbons (Fsp3) is 0.133. The van der Waals surface area contributed by atoms with Crippen molar-refractivity contribution < 1.29 is 9.47 Å². The Morgan fingerprint density at radius 3 is 2.27 bits per heavy atom. The van der Waals surface area contributed by atoms with Crippen molar-refractivity contribution in [3.05, 3.63) is 52.4 Å². The minimum atomic E-state index is -1.71. The molecular formula is C15H9ClN4O2. The van der Waals surface area contributed by atoms with Crippen molar-refractivity contribution in [2.24, 2.45) is 5.73 Å². The van der Waals surface area contributed by atoms with Crippen LogP contribution in [0.1, 0.15) is 5.56 Å². The molecule has 7 heteroatoms. The van der Waals surface area contributed by atoms with Gasteiger partial charge in [0, 0.05) is 5.56 Å². The molecule has 22 heavy (non-hydrogen) atoms. The number of methoxy groups -OCH3 is 1. The summed E-state index contributed by atoms with van der Waals surface area (Å²) in [4.78, 5) is 0. The number of nitrogens with two attached hydrogens (primary N) is 1. The Labute approximate surface area is 131 Å². The second kappa shape index (κ2) is 5.69. The second-order valence-electron chi connectivity index (χ2n) is 4.25. The van der Waals surface area contributed by atoms with Gasteiger partial charge in [-0.1, -0.05) is 11.6 Å². The molecule has 1 heterocycles. The molecule has 0 bridgehead atoms. The van der Waals surface area contributed by atoms with Crippen LogP contribution in [0.4, 0.5) is 0 Å². The maximum absolute atomic E-state index is 9.21. The molecule has 2 rings (SSSR count). The van der Waals surface area contributed by atoms with Gasteiger partial charge in [-0.3, -0.25) is 0 Å². The van der Waals surface area contributed by atoms with Crippen LogP contribution >= 0.6 is 11.6 Å². The number of hydrogen-bond acceptors (Lipinski definition) is 6. The molecule has 1 atom stereocenters. The van der Waals surface area contributed by atoms with Gasteiger partial charge in [0.1, 0.15) is 35.1 Å². The summed E-state index contributed by atoms with van der Waals surface area (Å²) in [5, 5.41) is 25.7. The van der Waals surface area contributed by atoms with Gasteiger partial charge in [0.2, 0.25) is 10.9 Å². The summed E-state index contributed by atoms with van der Waals surface area (Å²) in [6, 6.07) is 11.7. The van der Waals surface area contributed by atoms with E-state index in [4.69, 9.17) is 37.3 Å². The molecule has 1 aromatic carbocycles. The molecule has 1 unspecified atom stereocenters. The van der Waals surface area contributed by atoms with Gasteiger partial charge in [-0.05, 0) is 24.3 Å². The quantitative estimate of drug-likeness (QED) is 0.660. The fourth-order valence-corrected chi connectivity index (χ4v) is 2.48. The third-order valence-electron chi connectivity index (χ3n) is 3.12. The first kappa shape index (κ1) is 15.3. The highest BCUT2D eigenvalue weighted by molar-refractivity contribution is 6.26. The second-order valence-corrected chi connectivity index (χ2v) is 4.78. The Morgan fingerprint density at radius 1 is 1.23 bits per heavy atom. The number of hydrogen-bond donors (Lipinski definition) is 1. The number of nitriles is 3. The van der Waals surface area contributed by atoms with Crippen LogP contribution in [0, 0.1) is 34.0 Å². The van der Waals surface area contributed by atoms with Crippen molar-refractivity contribution in [1.29, 1.82) is 15.8 Å². The van der Waals surface area contributed by atoms with E-state index in [-0.39, 0.29) is 22.6 Å². The smallest absolute Gasteiger partial charge is 0.239 e. The molecule has 108 valence electrons. The summed E-state index contributed by atoms with van der Waals surface area (Å²) in [6.45, 7) is 0. The number of nitrogens with zero attached hydrogens (tertiary/aromatic N) is 3. The lowest BCUT2D eigenvalue weighted by molar-refractivity contribution is 0.126. The van der Waals surface area contributed by atoms with E-state index < -0.39 is 5.06 Å². The number of benzene rings is 1. The maximum Gasteiger partial charge on any atom is 0.239 e. The molecule has 0 aromatic heterocycles. The first-order chi connectivity index (χ1) is 10.5. The van der Waals surface area contributed by atoms with E-state index in [9.17, 15) is 5.26 Å².